The van der Waals surface area contributed by atoms with Crippen molar-refractivity contribution >= 4 is 17.7 Å². The lowest BCUT2D eigenvalue weighted by molar-refractivity contribution is 0.0508. The van der Waals surface area contributed by atoms with Gasteiger partial charge < -0.3 is 10.1 Å². The maximum atomic E-state index is 11.5. The van der Waals surface area contributed by atoms with Gasteiger partial charge >= 0.3 is 6.09 Å². The van der Waals surface area contributed by atoms with E-state index >= 15 is 0 Å². The van der Waals surface area contributed by atoms with Gasteiger partial charge in [0.25, 0.3) is 0 Å². The van der Waals surface area contributed by atoms with Crippen LogP contribution in [-0.2, 0) is 4.74 Å². The first-order chi connectivity index (χ1) is 7.78. The lowest BCUT2D eigenvalue weighted by Crippen LogP contribution is -2.34. The second-order valence-electron chi connectivity index (χ2n) is 4.92. The van der Waals surface area contributed by atoms with Crippen LogP contribution in [0.25, 0.3) is 0 Å². The number of halogens is 1. The molecule has 0 aliphatic heterocycles. The van der Waals surface area contributed by atoms with Crippen molar-refractivity contribution in [1.82, 2.24) is 5.32 Å². The Morgan fingerprint density at radius 1 is 1.29 bits per heavy atom. The zero-order valence-corrected chi connectivity index (χ0v) is 11.3. The molecule has 0 radical (unpaired) electrons. The van der Waals surface area contributed by atoms with E-state index in [9.17, 15) is 4.79 Å². The Morgan fingerprint density at radius 2 is 1.82 bits per heavy atom. The first kappa shape index (κ1) is 13.8. The van der Waals surface area contributed by atoms with Gasteiger partial charge in [-0.1, -0.05) is 23.7 Å². The van der Waals surface area contributed by atoms with Crippen molar-refractivity contribution in [3.63, 3.8) is 0 Å². The molecule has 1 aromatic rings. The second-order valence-corrected chi connectivity index (χ2v) is 5.36. The number of amides is 1. The molecule has 1 rings (SSSR count). The largest absolute Gasteiger partial charge is 0.444 e. The summed E-state index contributed by atoms with van der Waals surface area (Å²) in [6, 6.07) is 7.24. The Morgan fingerprint density at radius 3 is 2.29 bits per heavy atom. The maximum Gasteiger partial charge on any atom is 0.408 e. The lowest BCUT2D eigenvalue weighted by atomic mass is 10.1. The number of nitrogens with one attached hydrogen (secondary N) is 1. The quantitative estimate of drug-likeness (QED) is 0.870. The summed E-state index contributed by atoms with van der Waals surface area (Å²) in [5, 5.41) is 3.45. The molecule has 0 saturated heterocycles. The first-order valence-corrected chi connectivity index (χ1v) is 5.91. The third kappa shape index (κ3) is 5.09. The molecule has 4 heteroatoms. The van der Waals surface area contributed by atoms with Crippen LogP contribution < -0.4 is 5.32 Å². The van der Waals surface area contributed by atoms with Crippen LogP contribution in [0.3, 0.4) is 0 Å². The van der Waals surface area contributed by atoms with E-state index in [1.807, 2.05) is 39.8 Å². The van der Waals surface area contributed by atoms with E-state index in [2.05, 4.69) is 5.32 Å². The summed E-state index contributed by atoms with van der Waals surface area (Å²) in [6.07, 6.45) is -0.417. The van der Waals surface area contributed by atoms with Crippen LogP contribution in [0.2, 0.25) is 5.02 Å². The fourth-order valence-corrected chi connectivity index (χ4v) is 1.45. The summed E-state index contributed by atoms with van der Waals surface area (Å²) in [5.74, 6) is 0. The number of carbonyl (C=O) groups excluding carboxylic acids is 1. The molecule has 0 aromatic heterocycles. The molecule has 0 fully saturated rings. The normalized spacial score (nSPS) is 13.0. The van der Waals surface area contributed by atoms with E-state index in [4.69, 9.17) is 16.3 Å². The number of ether oxygens (including phenoxy) is 1. The highest BCUT2D eigenvalue weighted by atomic mass is 35.5. The van der Waals surface area contributed by atoms with Gasteiger partial charge in [0, 0.05) is 5.02 Å². The molecule has 94 valence electrons. The number of alkyl carbamates (subject to hydrolysis) is 1. The Bertz CT molecular complexity index is 381. The molecule has 1 N–H and O–H groups in total. The van der Waals surface area contributed by atoms with Crippen molar-refractivity contribution < 1.29 is 9.53 Å². The molecule has 0 saturated carbocycles. The van der Waals surface area contributed by atoms with E-state index in [0.717, 1.165) is 5.56 Å². The summed E-state index contributed by atoms with van der Waals surface area (Å²) in [7, 11) is 0. The minimum absolute atomic E-state index is 0.109. The highest BCUT2D eigenvalue weighted by Crippen LogP contribution is 2.16. The van der Waals surface area contributed by atoms with Crippen molar-refractivity contribution in [1.29, 1.82) is 0 Å². The van der Waals surface area contributed by atoms with Crippen molar-refractivity contribution in [2.24, 2.45) is 0 Å². The van der Waals surface area contributed by atoms with Gasteiger partial charge in [0.15, 0.2) is 0 Å². The Balaban J connectivity index is 2.57. The summed E-state index contributed by atoms with van der Waals surface area (Å²) in [6.45, 7) is 7.39. The average Bonchev–Trinajstić information content (AvgIpc) is 2.15. The zero-order valence-electron chi connectivity index (χ0n) is 10.6. The molecule has 17 heavy (non-hydrogen) atoms. The van der Waals surface area contributed by atoms with Crippen LogP contribution in [0.5, 0.6) is 0 Å². The molecular formula is C13H18ClNO2. The summed E-state index contributed by atoms with van der Waals surface area (Å²) < 4.78 is 5.18. The third-order valence-electron chi connectivity index (χ3n) is 2.10. The standard InChI is InChI=1S/C13H18ClNO2/c1-9(10-5-7-11(14)8-6-10)15-12(16)17-13(2,3)4/h5-9H,1-4H3,(H,15,16)/t9-/m0/s1. The van der Waals surface area contributed by atoms with Gasteiger partial charge in [-0.25, -0.2) is 4.79 Å². The molecule has 0 spiro atoms. The molecule has 3 nitrogen and oxygen atoms in total. The number of hydrogen-bond donors (Lipinski definition) is 1. The van der Waals surface area contributed by atoms with Crippen molar-refractivity contribution in [3.8, 4) is 0 Å². The van der Waals surface area contributed by atoms with E-state index in [0.29, 0.717) is 5.02 Å². The van der Waals surface area contributed by atoms with Gasteiger partial charge in [0.1, 0.15) is 5.60 Å². The van der Waals surface area contributed by atoms with Crippen LogP contribution in [0.4, 0.5) is 4.79 Å². The Hall–Kier alpha value is -1.22. The third-order valence-corrected chi connectivity index (χ3v) is 2.36. The van der Waals surface area contributed by atoms with Crippen molar-refractivity contribution in [2.75, 3.05) is 0 Å². The number of carbonyl (C=O) groups is 1. The molecule has 0 heterocycles. The predicted octanol–water partition coefficient (Wildman–Crippen LogP) is 3.93. The summed E-state index contributed by atoms with van der Waals surface area (Å²) in [4.78, 5) is 11.5. The van der Waals surface area contributed by atoms with E-state index in [1.54, 1.807) is 12.1 Å². The number of hydrogen-bond acceptors (Lipinski definition) is 2. The summed E-state index contributed by atoms with van der Waals surface area (Å²) >= 11 is 5.80. The monoisotopic (exact) mass is 255 g/mol. The molecule has 0 aliphatic rings. The first-order valence-electron chi connectivity index (χ1n) is 5.53. The number of benzene rings is 1. The van der Waals surface area contributed by atoms with Gasteiger partial charge in [-0.3, -0.25) is 0 Å². The van der Waals surface area contributed by atoms with Crippen molar-refractivity contribution in [3.05, 3.63) is 34.9 Å². The fourth-order valence-electron chi connectivity index (χ4n) is 1.32. The van der Waals surface area contributed by atoms with Gasteiger partial charge in [-0.05, 0) is 45.4 Å². The van der Waals surface area contributed by atoms with Crippen LogP contribution in [-0.4, -0.2) is 11.7 Å². The molecule has 1 atom stereocenters. The van der Waals surface area contributed by atoms with E-state index in [1.165, 1.54) is 0 Å². The van der Waals surface area contributed by atoms with E-state index in [-0.39, 0.29) is 6.04 Å². The SMILES string of the molecule is C[C@H](NC(=O)OC(C)(C)C)c1ccc(Cl)cc1. The van der Waals surface area contributed by atoms with Crippen LogP contribution in [0.1, 0.15) is 39.3 Å². The van der Waals surface area contributed by atoms with E-state index < -0.39 is 11.7 Å². The van der Waals surface area contributed by atoms with Gasteiger partial charge in [-0.2, -0.15) is 0 Å². The minimum atomic E-state index is -0.482. The smallest absolute Gasteiger partial charge is 0.408 e. The van der Waals surface area contributed by atoms with Crippen molar-refractivity contribution in [2.45, 2.75) is 39.3 Å². The highest BCUT2D eigenvalue weighted by molar-refractivity contribution is 6.30. The maximum absolute atomic E-state index is 11.5. The zero-order chi connectivity index (χ0) is 13.1. The van der Waals surface area contributed by atoms with Gasteiger partial charge in [0.2, 0.25) is 0 Å². The molecule has 1 amide bonds. The van der Waals surface area contributed by atoms with Crippen LogP contribution in [0.15, 0.2) is 24.3 Å². The van der Waals surface area contributed by atoms with Crippen LogP contribution >= 0.6 is 11.6 Å². The average molecular weight is 256 g/mol. The summed E-state index contributed by atoms with van der Waals surface area (Å²) in [5.41, 5.74) is 0.504. The fraction of sp³-hybridized carbons (Fsp3) is 0.462. The minimum Gasteiger partial charge on any atom is -0.444 e. The molecule has 0 aliphatic carbocycles. The Kier molecular flexibility index (Phi) is 4.40. The van der Waals surface area contributed by atoms with Gasteiger partial charge in [0.05, 0.1) is 6.04 Å². The van der Waals surface area contributed by atoms with Crippen LogP contribution in [0, 0.1) is 0 Å². The second kappa shape index (κ2) is 5.41. The number of rotatable bonds is 2. The topological polar surface area (TPSA) is 38.3 Å². The molecule has 0 unspecified atom stereocenters. The predicted molar refractivity (Wildman–Crippen MR) is 69.2 cm³/mol. The highest BCUT2D eigenvalue weighted by Gasteiger charge is 2.18. The molecular weight excluding hydrogens is 238 g/mol. The van der Waals surface area contributed by atoms with Gasteiger partial charge in [-0.15, -0.1) is 0 Å². The lowest BCUT2D eigenvalue weighted by Gasteiger charge is -2.22. The Labute approximate surface area is 107 Å². The molecule has 0 bridgehead atoms. The molecule has 1 aromatic carbocycles.